The van der Waals surface area contributed by atoms with E-state index in [1.807, 2.05) is 42.5 Å². The van der Waals surface area contributed by atoms with E-state index in [1.165, 1.54) is 32.1 Å². The Bertz CT molecular complexity index is 804. The number of hydrogen-bond acceptors (Lipinski definition) is 3. The van der Waals surface area contributed by atoms with Gasteiger partial charge in [-0.15, -0.1) is 0 Å². The summed E-state index contributed by atoms with van der Waals surface area (Å²) < 4.78 is 5.90. The fourth-order valence-corrected chi connectivity index (χ4v) is 3.35. The molecule has 1 aliphatic carbocycles. The number of nitrogen functional groups attached to an aromatic ring is 1. The van der Waals surface area contributed by atoms with Crippen LogP contribution in [-0.2, 0) is 0 Å². The summed E-state index contributed by atoms with van der Waals surface area (Å²) in [5, 5.41) is 0. The van der Waals surface area contributed by atoms with Gasteiger partial charge in [0, 0.05) is 12.0 Å². The fraction of sp³-hybridized carbons (Fsp3) is 0.316. The van der Waals surface area contributed by atoms with E-state index < -0.39 is 0 Å². The maximum absolute atomic E-state index is 6.14. The Kier molecular flexibility index (Phi) is 3.66. The molecular formula is C19H21N3O. The van der Waals surface area contributed by atoms with Crippen LogP contribution in [0.15, 0.2) is 42.5 Å². The number of imidazole rings is 1. The normalized spacial score (nSPS) is 15.8. The lowest BCUT2D eigenvalue weighted by Crippen LogP contribution is -2.05. The van der Waals surface area contributed by atoms with Gasteiger partial charge in [-0.1, -0.05) is 37.5 Å². The van der Waals surface area contributed by atoms with Crippen LogP contribution in [0.5, 0.6) is 11.5 Å². The van der Waals surface area contributed by atoms with E-state index in [-0.39, 0.29) is 0 Å². The first-order valence-corrected chi connectivity index (χ1v) is 8.31. The molecule has 0 unspecified atom stereocenters. The largest absolute Gasteiger partial charge is 0.455 e. The zero-order valence-electron chi connectivity index (χ0n) is 13.1. The number of H-pyrrole nitrogens is 1. The number of benzene rings is 2. The minimum atomic E-state index is 0.552. The van der Waals surface area contributed by atoms with Gasteiger partial charge in [0.05, 0.1) is 16.7 Å². The molecule has 4 rings (SSSR count). The molecule has 2 aromatic carbocycles. The molecule has 0 radical (unpaired) electrons. The number of fused-ring (bicyclic) bond motifs is 1. The van der Waals surface area contributed by atoms with Gasteiger partial charge in [-0.25, -0.2) is 4.98 Å². The number of hydrogen-bond donors (Lipinski definition) is 2. The van der Waals surface area contributed by atoms with E-state index in [4.69, 9.17) is 15.5 Å². The molecule has 1 saturated carbocycles. The zero-order chi connectivity index (χ0) is 15.6. The highest BCUT2D eigenvalue weighted by atomic mass is 16.5. The number of aromatic amines is 1. The molecule has 0 bridgehead atoms. The van der Waals surface area contributed by atoms with Gasteiger partial charge in [0.2, 0.25) is 0 Å². The summed E-state index contributed by atoms with van der Waals surface area (Å²) in [5.41, 5.74) is 8.67. The molecule has 118 valence electrons. The predicted molar refractivity (Wildman–Crippen MR) is 92.8 cm³/mol. The van der Waals surface area contributed by atoms with Crippen LogP contribution in [0.1, 0.15) is 43.8 Å². The molecule has 0 amide bonds. The first-order valence-electron chi connectivity index (χ1n) is 8.31. The van der Waals surface area contributed by atoms with E-state index in [0.29, 0.717) is 17.4 Å². The second-order valence-electron chi connectivity index (χ2n) is 6.28. The number of rotatable bonds is 3. The quantitative estimate of drug-likeness (QED) is 0.670. The molecule has 0 atom stereocenters. The van der Waals surface area contributed by atoms with E-state index in [2.05, 4.69) is 4.98 Å². The maximum atomic E-state index is 6.14. The number of para-hydroxylation sites is 1. The second-order valence-corrected chi connectivity index (χ2v) is 6.28. The molecule has 4 heteroatoms. The number of nitrogens with zero attached hydrogens (tertiary/aromatic N) is 1. The highest BCUT2D eigenvalue weighted by Gasteiger charge is 2.19. The Morgan fingerprint density at radius 3 is 2.61 bits per heavy atom. The van der Waals surface area contributed by atoms with Crippen molar-refractivity contribution >= 4 is 16.7 Å². The number of nitrogens with one attached hydrogen (secondary N) is 1. The predicted octanol–water partition coefficient (Wildman–Crippen LogP) is 4.99. The molecule has 4 nitrogen and oxygen atoms in total. The van der Waals surface area contributed by atoms with Crippen molar-refractivity contribution < 1.29 is 4.74 Å². The van der Waals surface area contributed by atoms with Crippen molar-refractivity contribution in [3.8, 4) is 11.5 Å². The van der Waals surface area contributed by atoms with Crippen molar-refractivity contribution in [1.82, 2.24) is 9.97 Å². The van der Waals surface area contributed by atoms with Crippen molar-refractivity contribution in [2.45, 2.75) is 38.0 Å². The Labute approximate surface area is 135 Å². The van der Waals surface area contributed by atoms with Gasteiger partial charge in [0.15, 0.2) is 5.75 Å². The van der Waals surface area contributed by atoms with E-state index in [0.717, 1.165) is 22.6 Å². The molecule has 3 aromatic rings. The molecule has 23 heavy (non-hydrogen) atoms. The van der Waals surface area contributed by atoms with Crippen LogP contribution in [0.25, 0.3) is 11.0 Å². The number of nitrogens with two attached hydrogens (primary N) is 1. The van der Waals surface area contributed by atoms with Crippen LogP contribution in [0.3, 0.4) is 0 Å². The summed E-state index contributed by atoms with van der Waals surface area (Å²) in [5.74, 6) is 3.10. The zero-order valence-corrected chi connectivity index (χ0v) is 13.1. The molecular weight excluding hydrogens is 286 g/mol. The molecule has 0 saturated heterocycles. The minimum Gasteiger partial charge on any atom is -0.455 e. The van der Waals surface area contributed by atoms with Gasteiger partial charge >= 0.3 is 0 Å². The van der Waals surface area contributed by atoms with Crippen molar-refractivity contribution in [2.24, 2.45) is 0 Å². The molecule has 1 heterocycles. The number of anilines is 1. The first-order chi connectivity index (χ1) is 11.3. The highest BCUT2D eigenvalue weighted by Crippen LogP contribution is 2.35. The summed E-state index contributed by atoms with van der Waals surface area (Å²) >= 11 is 0. The van der Waals surface area contributed by atoms with Crippen LogP contribution in [0, 0.1) is 0 Å². The summed E-state index contributed by atoms with van der Waals surface area (Å²) in [4.78, 5) is 8.23. The lowest BCUT2D eigenvalue weighted by atomic mass is 9.89. The molecule has 1 fully saturated rings. The SMILES string of the molecule is Nc1cc2nc(C3CCCCC3)[nH]c2cc1Oc1ccccc1. The first kappa shape index (κ1) is 14.1. The van der Waals surface area contributed by atoms with Gasteiger partial charge in [0.25, 0.3) is 0 Å². The van der Waals surface area contributed by atoms with Crippen molar-refractivity contribution in [3.63, 3.8) is 0 Å². The third kappa shape index (κ3) is 2.89. The molecule has 1 aliphatic rings. The third-order valence-corrected chi connectivity index (χ3v) is 4.59. The average Bonchev–Trinajstić information content (AvgIpc) is 3.00. The van der Waals surface area contributed by atoms with Crippen LogP contribution in [-0.4, -0.2) is 9.97 Å². The third-order valence-electron chi connectivity index (χ3n) is 4.59. The summed E-state index contributed by atoms with van der Waals surface area (Å²) in [6, 6.07) is 13.6. The van der Waals surface area contributed by atoms with Gasteiger partial charge < -0.3 is 15.5 Å². The van der Waals surface area contributed by atoms with E-state index >= 15 is 0 Å². The van der Waals surface area contributed by atoms with Gasteiger partial charge in [-0.05, 0) is 31.0 Å². The Morgan fingerprint density at radius 2 is 1.83 bits per heavy atom. The molecule has 3 N–H and O–H groups in total. The van der Waals surface area contributed by atoms with E-state index in [1.54, 1.807) is 0 Å². The summed E-state index contributed by atoms with van der Waals surface area (Å²) in [6.07, 6.45) is 6.39. The van der Waals surface area contributed by atoms with Crippen LogP contribution in [0.4, 0.5) is 5.69 Å². The fourth-order valence-electron chi connectivity index (χ4n) is 3.35. The van der Waals surface area contributed by atoms with Crippen LogP contribution >= 0.6 is 0 Å². The lowest BCUT2D eigenvalue weighted by Gasteiger charge is -2.18. The number of ether oxygens (including phenoxy) is 1. The minimum absolute atomic E-state index is 0.552. The van der Waals surface area contributed by atoms with Crippen molar-refractivity contribution in [1.29, 1.82) is 0 Å². The van der Waals surface area contributed by atoms with Crippen molar-refractivity contribution in [3.05, 3.63) is 48.3 Å². The van der Waals surface area contributed by atoms with Gasteiger partial charge in [-0.2, -0.15) is 0 Å². The highest BCUT2D eigenvalue weighted by molar-refractivity contribution is 5.82. The Balaban J connectivity index is 1.66. The maximum Gasteiger partial charge on any atom is 0.152 e. The Morgan fingerprint density at radius 1 is 1.04 bits per heavy atom. The summed E-state index contributed by atoms with van der Waals surface area (Å²) in [6.45, 7) is 0. The average molecular weight is 307 g/mol. The van der Waals surface area contributed by atoms with Crippen LogP contribution < -0.4 is 10.5 Å². The lowest BCUT2D eigenvalue weighted by molar-refractivity contribution is 0.431. The summed E-state index contributed by atoms with van der Waals surface area (Å²) in [7, 11) is 0. The topological polar surface area (TPSA) is 63.9 Å². The second kappa shape index (κ2) is 5.95. The molecule has 0 aliphatic heterocycles. The standard InChI is InChI=1S/C19H21N3O/c20-15-11-16-17(12-18(15)23-14-9-5-2-6-10-14)22-19(21-16)13-7-3-1-4-8-13/h2,5-6,9-13H,1,3-4,7-8,20H2,(H,21,22). The van der Waals surface area contributed by atoms with Gasteiger partial charge in [0.1, 0.15) is 11.6 Å². The monoisotopic (exact) mass is 307 g/mol. The molecule has 0 spiro atoms. The number of aromatic nitrogens is 2. The van der Waals surface area contributed by atoms with E-state index in [9.17, 15) is 0 Å². The Hall–Kier alpha value is -2.49. The van der Waals surface area contributed by atoms with Crippen molar-refractivity contribution in [2.75, 3.05) is 5.73 Å². The molecule has 1 aromatic heterocycles. The smallest absolute Gasteiger partial charge is 0.152 e. The van der Waals surface area contributed by atoms with Gasteiger partial charge in [-0.3, -0.25) is 0 Å². The van der Waals surface area contributed by atoms with Crippen LogP contribution in [0.2, 0.25) is 0 Å².